The standard InChI is InChI=1S/C17H19N7/c1-2-24-10-13(5-21-24)9-23-4-3-16-15(11-23)8-20-17(22-16)14-6-18-12-19-7-14/h5-8,10,12H,2-4,9,11H2,1H3. The molecule has 0 saturated carbocycles. The van der Waals surface area contributed by atoms with Gasteiger partial charge in [-0.25, -0.2) is 19.9 Å². The Bertz CT molecular complexity index is 828. The molecule has 24 heavy (non-hydrogen) atoms. The Morgan fingerprint density at radius 2 is 2.00 bits per heavy atom. The van der Waals surface area contributed by atoms with Crippen molar-refractivity contribution in [3.8, 4) is 11.4 Å². The van der Waals surface area contributed by atoms with Crippen molar-refractivity contribution in [2.75, 3.05) is 6.54 Å². The highest BCUT2D eigenvalue weighted by Crippen LogP contribution is 2.21. The molecule has 0 atom stereocenters. The normalized spacial score (nSPS) is 14.5. The minimum atomic E-state index is 0.701. The highest BCUT2D eigenvalue weighted by Gasteiger charge is 2.19. The summed E-state index contributed by atoms with van der Waals surface area (Å²) in [6, 6.07) is 0. The van der Waals surface area contributed by atoms with Crippen molar-refractivity contribution in [2.45, 2.75) is 33.0 Å². The van der Waals surface area contributed by atoms with Crippen LogP contribution in [0.2, 0.25) is 0 Å². The first-order chi connectivity index (χ1) is 11.8. The van der Waals surface area contributed by atoms with E-state index in [9.17, 15) is 0 Å². The Kier molecular flexibility index (Phi) is 4.00. The van der Waals surface area contributed by atoms with Crippen LogP contribution in [-0.4, -0.2) is 41.2 Å². The van der Waals surface area contributed by atoms with Crippen LogP contribution in [0.1, 0.15) is 23.7 Å². The Balaban J connectivity index is 1.49. The van der Waals surface area contributed by atoms with E-state index < -0.39 is 0 Å². The van der Waals surface area contributed by atoms with E-state index in [1.165, 1.54) is 17.5 Å². The molecule has 4 rings (SSSR count). The van der Waals surface area contributed by atoms with E-state index in [4.69, 9.17) is 4.98 Å². The van der Waals surface area contributed by atoms with Gasteiger partial charge in [0.15, 0.2) is 5.82 Å². The quantitative estimate of drug-likeness (QED) is 0.728. The van der Waals surface area contributed by atoms with Crippen molar-refractivity contribution in [3.05, 3.63) is 54.1 Å². The Labute approximate surface area is 140 Å². The van der Waals surface area contributed by atoms with Gasteiger partial charge < -0.3 is 0 Å². The summed E-state index contributed by atoms with van der Waals surface area (Å²) >= 11 is 0. The number of rotatable bonds is 4. The average molecular weight is 321 g/mol. The summed E-state index contributed by atoms with van der Waals surface area (Å²) in [6.45, 7) is 5.78. The smallest absolute Gasteiger partial charge is 0.162 e. The summed E-state index contributed by atoms with van der Waals surface area (Å²) in [5.41, 5.74) is 4.43. The van der Waals surface area contributed by atoms with Gasteiger partial charge in [0.2, 0.25) is 0 Å². The van der Waals surface area contributed by atoms with Crippen LogP contribution in [0.5, 0.6) is 0 Å². The van der Waals surface area contributed by atoms with Crippen molar-refractivity contribution >= 4 is 0 Å². The maximum Gasteiger partial charge on any atom is 0.162 e. The summed E-state index contributed by atoms with van der Waals surface area (Å²) < 4.78 is 1.96. The number of aromatic nitrogens is 6. The number of aryl methyl sites for hydroxylation is 1. The molecule has 0 N–H and O–H groups in total. The van der Waals surface area contributed by atoms with Gasteiger partial charge in [-0.3, -0.25) is 9.58 Å². The molecule has 7 nitrogen and oxygen atoms in total. The summed E-state index contributed by atoms with van der Waals surface area (Å²) in [5, 5.41) is 4.34. The molecule has 0 spiro atoms. The third kappa shape index (κ3) is 3.03. The molecular weight excluding hydrogens is 302 g/mol. The maximum absolute atomic E-state index is 4.71. The molecule has 0 radical (unpaired) electrons. The predicted molar refractivity (Wildman–Crippen MR) is 88.8 cm³/mol. The molecule has 1 aliphatic rings. The molecule has 0 bridgehead atoms. The molecule has 7 heteroatoms. The van der Waals surface area contributed by atoms with Crippen LogP contribution in [0.25, 0.3) is 11.4 Å². The zero-order valence-corrected chi connectivity index (χ0v) is 13.6. The third-order valence-corrected chi connectivity index (χ3v) is 4.25. The van der Waals surface area contributed by atoms with Gasteiger partial charge in [-0.15, -0.1) is 0 Å². The second kappa shape index (κ2) is 6.45. The van der Waals surface area contributed by atoms with Crippen LogP contribution in [0, 0.1) is 0 Å². The molecular formula is C17H19N7. The molecule has 0 aromatic carbocycles. The molecule has 4 heterocycles. The Morgan fingerprint density at radius 3 is 2.79 bits per heavy atom. The summed E-state index contributed by atoms with van der Waals surface area (Å²) in [4.78, 5) is 19.7. The van der Waals surface area contributed by atoms with Gasteiger partial charge in [0.25, 0.3) is 0 Å². The summed E-state index contributed by atoms with van der Waals surface area (Å²) in [7, 11) is 0. The van der Waals surface area contributed by atoms with Crippen LogP contribution in [0.3, 0.4) is 0 Å². The van der Waals surface area contributed by atoms with Crippen molar-refractivity contribution in [1.82, 2.24) is 34.6 Å². The van der Waals surface area contributed by atoms with Gasteiger partial charge in [0.05, 0.1) is 17.5 Å². The van der Waals surface area contributed by atoms with E-state index in [0.29, 0.717) is 5.82 Å². The van der Waals surface area contributed by atoms with Gasteiger partial charge in [0.1, 0.15) is 6.33 Å². The van der Waals surface area contributed by atoms with Gasteiger partial charge in [-0.1, -0.05) is 0 Å². The fraction of sp³-hybridized carbons (Fsp3) is 0.353. The number of fused-ring (bicyclic) bond motifs is 1. The topological polar surface area (TPSA) is 72.6 Å². The average Bonchev–Trinajstić information content (AvgIpc) is 3.09. The lowest BCUT2D eigenvalue weighted by Crippen LogP contribution is -2.30. The first kappa shape index (κ1) is 14.9. The monoisotopic (exact) mass is 321 g/mol. The van der Waals surface area contributed by atoms with Crippen molar-refractivity contribution in [2.24, 2.45) is 0 Å². The first-order valence-corrected chi connectivity index (χ1v) is 8.15. The second-order valence-electron chi connectivity index (χ2n) is 5.96. The van der Waals surface area contributed by atoms with E-state index in [1.54, 1.807) is 12.4 Å². The minimum Gasteiger partial charge on any atom is -0.294 e. The van der Waals surface area contributed by atoms with Crippen LogP contribution in [0.15, 0.2) is 37.3 Å². The third-order valence-electron chi connectivity index (χ3n) is 4.25. The van der Waals surface area contributed by atoms with Crippen LogP contribution >= 0.6 is 0 Å². The highest BCUT2D eigenvalue weighted by molar-refractivity contribution is 5.52. The SMILES string of the molecule is CCn1cc(CN2CCc3nc(-c4cncnc4)ncc3C2)cn1. The maximum atomic E-state index is 4.71. The lowest BCUT2D eigenvalue weighted by Gasteiger charge is -2.27. The zero-order chi connectivity index (χ0) is 16.4. The van der Waals surface area contributed by atoms with Crippen molar-refractivity contribution < 1.29 is 0 Å². The minimum absolute atomic E-state index is 0.701. The first-order valence-electron chi connectivity index (χ1n) is 8.15. The van der Waals surface area contributed by atoms with Crippen LogP contribution in [-0.2, 0) is 26.1 Å². The van der Waals surface area contributed by atoms with E-state index >= 15 is 0 Å². The van der Waals surface area contributed by atoms with E-state index in [-0.39, 0.29) is 0 Å². The number of hydrogen-bond acceptors (Lipinski definition) is 6. The van der Waals surface area contributed by atoms with Crippen molar-refractivity contribution in [3.63, 3.8) is 0 Å². The Hall–Kier alpha value is -2.67. The zero-order valence-electron chi connectivity index (χ0n) is 13.6. The van der Waals surface area contributed by atoms with Gasteiger partial charge in [-0.2, -0.15) is 5.10 Å². The van der Waals surface area contributed by atoms with Gasteiger partial charge >= 0.3 is 0 Å². The largest absolute Gasteiger partial charge is 0.294 e. The second-order valence-corrected chi connectivity index (χ2v) is 5.96. The molecule has 0 unspecified atom stereocenters. The van der Waals surface area contributed by atoms with Gasteiger partial charge in [0, 0.05) is 68.5 Å². The lowest BCUT2D eigenvalue weighted by atomic mass is 10.1. The van der Waals surface area contributed by atoms with E-state index in [2.05, 4.69) is 38.1 Å². The fourth-order valence-electron chi connectivity index (χ4n) is 2.98. The van der Waals surface area contributed by atoms with Gasteiger partial charge in [-0.05, 0) is 6.92 Å². The van der Waals surface area contributed by atoms with E-state index in [0.717, 1.165) is 43.9 Å². The van der Waals surface area contributed by atoms with Crippen molar-refractivity contribution in [1.29, 1.82) is 0 Å². The molecule has 122 valence electrons. The molecule has 1 aliphatic heterocycles. The Morgan fingerprint density at radius 1 is 1.12 bits per heavy atom. The fourth-order valence-corrected chi connectivity index (χ4v) is 2.98. The molecule has 0 fully saturated rings. The molecule has 0 amide bonds. The molecule has 0 aliphatic carbocycles. The number of hydrogen-bond donors (Lipinski definition) is 0. The highest BCUT2D eigenvalue weighted by atomic mass is 15.3. The lowest BCUT2D eigenvalue weighted by molar-refractivity contribution is 0.243. The van der Waals surface area contributed by atoms with Crippen LogP contribution < -0.4 is 0 Å². The summed E-state index contributed by atoms with van der Waals surface area (Å²) in [5.74, 6) is 0.701. The number of nitrogens with zero attached hydrogens (tertiary/aromatic N) is 7. The molecule has 3 aromatic heterocycles. The van der Waals surface area contributed by atoms with Crippen LogP contribution in [0.4, 0.5) is 0 Å². The van der Waals surface area contributed by atoms with E-state index in [1.807, 2.05) is 17.1 Å². The molecule has 0 saturated heterocycles. The molecule has 3 aromatic rings. The predicted octanol–water partition coefficient (Wildman–Crippen LogP) is 1.71. The summed E-state index contributed by atoms with van der Waals surface area (Å²) in [6.07, 6.45) is 11.9.